The van der Waals surface area contributed by atoms with Crippen LogP contribution < -0.4 is 5.73 Å². The van der Waals surface area contributed by atoms with Crippen molar-refractivity contribution in [2.24, 2.45) is 5.73 Å². The van der Waals surface area contributed by atoms with Gasteiger partial charge in [0.15, 0.2) is 0 Å². The summed E-state index contributed by atoms with van der Waals surface area (Å²) in [6.07, 6.45) is 7.50. The van der Waals surface area contributed by atoms with Crippen molar-refractivity contribution >= 4 is 0 Å². The van der Waals surface area contributed by atoms with E-state index in [1.807, 2.05) is 0 Å². The van der Waals surface area contributed by atoms with Crippen molar-refractivity contribution in [2.45, 2.75) is 39.5 Å². The van der Waals surface area contributed by atoms with Crippen molar-refractivity contribution in [2.75, 3.05) is 7.05 Å². The largest absolute Gasteiger partial charge is 0.333 e. The number of hydrogen-bond donors (Lipinski definition) is 1. The minimum Gasteiger partial charge on any atom is -0.333 e. The zero-order chi connectivity index (χ0) is 5.54. The van der Waals surface area contributed by atoms with Crippen molar-refractivity contribution in [3.8, 4) is 0 Å². The summed E-state index contributed by atoms with van der Waals surface area (Å²) >= 11 is 0. The quantitative estimate of drug-likeness (QED) is 0.517. The van der Waals surface area contributed by atoms with E-state index in [1.54, 1.807) is 0 Å². The fourth-order valence-corrected chi connectivity index (χ4v) is 0.884. The third-order valence-corrected chi connectivity index (χ3v) is 1.25. The number of hydrogen-bond acceptors (Lipinski definition) is 1. The Morgan fingerprint density at radius 1 is 0.750 bits per heavy atom. The molecule has 1 saturated carbocycles. The van der Waals surface area contributed by atoms with E-state index in [4.69, 9.17) is 0 Å². The summed E-state index contributed by atoms with van der Waals surface area (Å²) in [5.74, 6) is 0. The third kappa shape index (κ3) is 5.96. The second kappa shape index (κ2) is 10.0. The fraction of sp³-hybridized carbons (Fsp3) is 1.00. The van der Waals surface area contributed by atoms with Crippen LogP contribution in [-0.4, -0.2) is 7.05 Å². The van der Waals surface area contributed by atoms with Crippen LogP contribution in [0.5, 0.6) is 0 Å². The predicted molar refractivity (Wildman–Crippen MR) is 39.9 cm³/mol. The van der Waals surface area contributed by atoms with Crippen LogP contribution in [0.1, 0.15) is 39.5 Å². The number of nitrogens with two attached hydrogens (primary N) is 1. The number of rotatable bonds is 0. The maximum absolute atomic E-state index is 4.50. The first kappa shape index (κ1) is 10.9. The molecule has 1 aliphatic rings. The van der Waals surface area contributed by atoms with Crippen molar-refractivity contribution in [1.29, 1.82) is 0 Å². The Balaban J connectivity index is 0. The molecule has 0 spiro atoms. The molecule has 1 rings (SSSR count). The van der Waals surface area contributed by atoms with Gasteiger partial charge in [0.2, 0.25) is 0 Å². The molecule has 0 radical (unpaired) electrons. The Morgan fingerprint density at radius 2 is 0.875 bits per heavy atom. The monoisotopic (exact) mass is 117 g/mol. The van der Waals surface area contributed by atoms with Crippen molar-refractivity contribution in [1.82, 2.24) is 0 Å². The molecule has 0 aromatic heterocycles. The SMILES string of the molecule is C.C1CCCC1.CN. The topological polar surface area (TPSA) is 26.0 Å². The minimum absolute atomic E-state index is 0. The van der Waals surface area contributed by atoms with Gasteiger partial charge in [-0.3, -0.25) is 0 Å². The molecule has 0 amide bonds. The highest BCUT2D eigenvalue weighted by molar-refractivity contribution is 4.51. The van der Waals surface area contributed by atoms with E-state index in [0.717, 1.165) is 0 Å². The molecule has 0 saturated heterocycles. The van der Waals surface area contributed by atoms with Gasteiger partial charge in [0.25, 0.3) is 0 Å². The summed E-state index contributed by atoms with van der Waals surface area (Å²) in [6, 6.07) is 0. The zero-order valence-electron chi connectivity index (χ0n) is 5.11. The molecule has 0 aliphatic heterocycles. The van der Waals surface area contributed by atoms with Gasteiger partial charge in [0.1, 0.15) is 0 Å². The van der Waals surface area contributed by atoms with Crippen molar-refractivity contribution in [3.05, 3.63) is 0 Å². The molecular weight excluding hydrogens is 98.1 g/mol. The Hall–Kier alpha value is -0.0400. The van der Waals surface area contributed by atoms with Gasteiger partial charge in [-0.1, -0.05) is 39.5 Å². The fourth-order valence-electron chi connectivity index (χ4n) is 0.884. The molecule has 8 heavy (non-hydrogen) atoms. The van der Waals surface area contributed by atoms with Gasteiger partial charge in [-0.2, -0.15) is 0 Å². The highest BCUT2D eigenvalue weighted by Gasteiger charge is 1.95. The van der Waals surface area contributed by atoms with Gasteiger partial charge < -0.3 is 5.73 Å². The lowest BCUT2D eigenvalue weighted by atomic mass is 10.4. The summed E-state index contributed by atoms with van der Waals surface area (Å²) in [5, 5.41) is 0. The maximum atomic E-state index is 4.50. The molecule has 0 heterocycles. The molecule has 1 aliphatic carbocycles. The molecule has 1 fully saturated rings. The first-order valence-corrected chi connectivity index (χ1v) is 3.08. The van der Waals surface area contributed by atoms with Crippen molar-refractivity contribution in [3.63, 3.8) is 0 Å². The first-order valence-electron chi connectivity index (χ1n) is 3.08. The molecule has 1 nitrogen and oxygen atoms in total. The van der Waals surface area contributed by atoms with E-state index in [2.05, 4.69) is 5.73 Å². The van der Waals surface area contributed by atoms with Crippen LogP contribution in [0.4, 0.5) is 0 Å². The summed E-state index contributed by atoms with van der Waals surface area (Å²) in [4.78, 5) is 0. The standard InChI is InChI=1S/C5H10.CH5N.CH4/c1-2-4-5-3-1;1-2;/h1-5H2;2H2,1H3;1H4. The lowest BCUT2D eigenvalue weighted by molar-refractivity contribution is 0.886. The molecule has 52 valence electrons. The molecular formula is C7H19N. The van der Waals surface area contributed by atoms with Crippen LogP contribution >= 0.6 is 0 Å². The Bertz CT molecular complexity index is 16.0. The summed E-state index contributed by atoms with van der Waals surface area (Å²) in [7, 11) is 1.50. The molecule has 0 bridgehead atoms. The second-order valence-corrected chi connectivity index (χ2v) is 1.77. The normalized spacial score (nSPS) is 15.8. The third-order valence-electron chi connectivity index (χ3n) is 1.25. The van der Waals surface area contributed by atoms with Gasteiger partial charge in [0, 0.05) is 0 Å². The predicted octanol–water partition coefficient (Wildman–Crippen LogP) is 2.16. The van der Waals surface area contributed by atoms with Gasteiger partial charge in [-0.25, -0.2) is 0 Å². The van der Waals surface area contributed by atoms with Gasteiger partial charge in [-0.05, 0) is 7.05 Å². The molecule has 0 unspecified atom stereocenters. The van der Waals surface area contributed by atoms with E-state index in [1.165, 1.54) is 39.2 Å². The molecule has 1 heteroatoms. The van der Waals surface area contributed by atoms with Crippen LogP contribution in [0.3, 0.4) is 0 Å². The summed E-state index contributed by atoms with van der Waals surface area (Å²) < 4.78 is 0. The summed E-state index contributed by atoms with van der Waals surface area (Å²) in [6.45, 7) is 0. The lowest BCUT2D eigenvalue weighted by Crippen LogP contribution is -1.69. The smallest absolute Gasteiger partial charge is 0.0195 e. The van der Waals surface area contributed by atoms with E-state index in [9.17, 15) is 0 Å². The van der Waals surface area contributed by atoms with Crippen LogP contribution in [0.15, 0.2) is 0 Å². The summed E-state index contributed by atoms with van der Waals surface area (Å²) in [5.41, 5.74) is 4.50. The lowest BCUT2D eigenvalue weighted by Gasteiger charge is -1.67. The molecule has 0 aromatic rings. The van der Waals surface area contributed by atoms with Gasteiger partial charge in [-0.15, -0.1) is 0 Å². The Kier molecular flexibility index (Phi) is 13.6. The Labute approximate surface area is 53.3 Å². The van der Waals surface area contributed by atoms with Crippen LogP contribution in [-0.2, 0) is 0 Å². The molecule has 2 N–H and O–H groups in total. The van der Waals surface area contributed by atoms with E-state index >= 15 is 0 Å². The van der Waals surface area contributed by atoms with Crippen LogP contribution in [0, 0.1) is 0 Å². The first-order chi connectivity index (χ1) is 3.50. The Morgan fingerprint density at radius 3 is 1.00 bits per heavy atom. The van der Waals surface area contributed by atoms with E-state index in [0.29, 0.717) is 0 Å². The molecule has 0 aromatic carbocycles. The maximum Gasteiger partial charge on any atom is -0.0195 e. The van der Waals surface area contributed by atoms with Crippen LogP contribution in [0.25, 0.3) is 0 Å². The second-order valence-electron chi connectivity index (χ2n) is 1.77. The van der Waals surface area contributed by atoms with Crippen LogP contribution in [0.2, 0.25) is 0 Å². The van der Waals surface area contributed by atoms with E-state index < -0.39 is 0 Å². The van der Waals surface area contributed by atoms with Gasteiger partial charge in [0.05, 0.1) is 0 Å². The zero-order valence-corrected chi connectivity index (χ0v) is 5.11. The van der Waals surface area contributed by atoms with E-state index in [-0.39, 0.29) is 7.43 Å². The molecule has 0 atom stereocenters. The average molecular weight is 117 g/mol. The van der Waals surface area contributed by atoms with Crippen molar-refractivity contribution < 1.29 is 0 Å². The highest BCUT2D eigenvalue weighted by atomic mass is 14.4. The highest BCUT2D eigenvalue weighted by Crippen LogP contribution is 2.15. The average Bonchev–Trinajstić information content (AvgIpc) is 2.23. The minimum atomic E-state index is 0. The van der Waals surface area contributed by atoms with Gasteiger partial charge >= 0.3 is 0 Å².